The van der Waals surface area contributed by atoms with Gasteiger partial charge >= 0.3 is 0 Å². The first-order valence-corrected chi connectivity index (χ1v) is 4.31. The molecule has 1 aliphatic heterocycles. The van der Waals surface area contributed by atoms with Gasteiger partial charge in [0.25, 0.3) is 0 Å². The fourth-order valence-electron chi connectivity index (χ4n) is 1.48. The van der Waals surface area contributed by atoms with Crippen LogP contribution < -0.4 is 0 Å². The van der Waals surface area contributed by atoms with Gasteiger partial charge in [-0.1, -0.05) is 0 Å². The molecule has 0 aromatic heterocycles. The summed E-state index contributed by atoms with van der Waals surface area (Å²) in [6.45, 7) is 2.11. The van der Waals surface area contributed by atoms with E-state index in [1.165, 1.54) is 0 Å². The summed E-state index contributed by atoms with van der Waals surface area (Å²) in [6.07, 6.45) is 2.54. The highest BCUT2D eigenvalue weighted by Crippen LogP contribution is 2.32. The number of nitrogens with zero attached hydrogens (tertiary/aromatic N) is 1. The molecule has 3 nitrogen and oxygen atoms in total. The highest BCUT2D eigenvalue weighted by Gasteiger charge is 2.31. The Kier molecular flexibility index (Phi) is 3.51. The third-order valence-electron chi connectivity index (χ3n) is 2.47. The molecule has 0 atom stereocenters. The van der Waals surface area contributed by atoms with Crippen LogP contribution in [0.3, 0.4) is 0 Å². The van der Waals surface area contributed by atoms with Gasteiger partial charge in [-0.3, -0.25) is 0 Å². The van der Waals surface area contributed by atoms with E-state index in [0.29, 0.717) is 6.61 Å². The Balaban J connectivity index is 2.44. The van der Waals surface area contributed by atoms with Crippen LogP contribution in [-0.2, 0) is 9.47 Å². The maximum absolute atomic E-state index is 9.01. The summed E-state index contributed by atoms with van der Waals surface area (Å²) in [5.74, 6) is 0. The molecule has 0 saturated carbocycles. The summed E-state index contributed by atoms with van der Waals surface area (Å²) in [5.41, 5.74) is -0.172. The van der Waals surface area contributed by atoms with Crippen LogP contribution in [0.25, 0.3) is 0 Å². The largest absolute Gasteiger partial charge is 0.385 e. The lowest BCUT2D eigenvalue weighted by molar-refractivity contribution is 0.0256. The van der Waals surface area contributed by atoms with Gasteiger partial charge in [0.15, 0.2) is 0 Å². The first-order valence-electron chi connectivity index (χ1n) is 4.31. The quantitative estimate of drug-likeness (QED) is 0.640. The lowest BCUT2D eigenvalue weighted by atomic mass is 9.79. The molecule has 1 heterocycles. The van der Waals surface area contributed by atoms with E-state index < -0.39 is 0 Å². The molecule has 0 radical (unpaired) electrons. The molecule has 0 spiro atoms. The average Bonchev–Trinajstić information content (AvgIpc) is 2.16. The van der Waals surface area contributed by atoms with Crippen molar-refractivity contribution in [3.63, 3.8) is 0 Å². The minimum Gasteiger partial charge on any atom is -0.385 e. The molecule has 1 rings (SSSR count). The van der Waals surface area contributed by atoms with Crippen LogP contribution in [0.2, 0.25) is 0 Å². The Hall–Kier alpha value is -0.590. The summed E-state index contributed by atoms with van der Waals surface area (Å²) < 4.78 is 10.2. The lowest BCUT2D eigenvalue weighted by Gasteiger charge is -2.30. The molecule has 0 bridgehead atoms. The first-order chi connectivity index (χ1) is 5.83. The zero-order chi connectivity index (χ0) is 8.86. The third kappa shape index (κ3) is 2.20. The second-order valence-electron chi connectivity index (χ2n) is 3.25. The van der Waals surface area contributed by atoms with Crippen molar-refractivity contribution < 1.29 is 9.47 Å². The van der Waals surface area contributed by atoms with Crippen molar-refractivity contribution in [3.8, 4) is 6.07 Å². The highest BCUT2D eigenvalue weighted by atomic mass is 16.5. The van der Waals surface area contributed by atoms with E-state index >= 15 is 0 Å². The van der Waals surface area contributed by atoms with E-state index in [1.54, 1.807) is 7.11 Å². The molecule has 0 unspecified atom stereocenters. The van der Waals surface area contributed by atoms with Crippen molar-refractivity contribution in [2.24, 2.45) is 5.41 Å². The van der Waals surface area contributed by atoms with Crippen molar-refractivity contribution in [3.05, 3.63) is 0 Å². The van der Waals surface area contributed by atoms with Crippen molar-refractivity contribution in [1.82, 2.24) is 0 Å². The summed E-state index contributed by atoms with van der Waals surface area (Å²) in [4.78, 5) is 0. The Morgan fingerprint density at radius 1 is 1.50 bits per heavy atom. The summed E-state index contributed by atoms with van der Waals surface area (Å²) in [7, 11) is 1.67. The van der Waals surface area contributed by atoms with Crippen LogP contribution in [0.4, 0.5) is 0 Å². The van der Waals surface area contributed by atoms with Crippen LogP contribution in [0.1, 0.15) is 19.3 Å². The van der Waals surface area contributed by atoms with Gasteiger partial charge in [-0.15, -0.1) is 0 Å². The number of rotatable bonds is 3. The van der Waals surface area contributed by atoms with E-state index in [4.69, 9.17) is 14.7 Å². The van der Waals surface area contributed by atoms with Gasteiger partial charge in [0.1, 0.15) is 0 Å². The minimum atomic E-state index is -0.172. The molecule has 1 saturated heterocycles. The molecule has 1 aliphatic rings. The molecule has 0 N–H and O–H groups in total. The van der Waals surface area contributed by atoms with E-state index in [2.05, 4.69) is 6.07 Å². The minimum absolute atomic E-state index is 0.172. The van der Waals surface area contributed by atoms with Gasteiger partial charge in [-0.25, -0.2) is 0 Å². The predicted molar refractivity (Wildman–Crippen MR) is 44.6 cm³/mol. The van der Waals surface area contributed by atoms with Gasteiger partial charge in [0, 0.05) is 26.9 Å². The molecule has 68 valence electrons. The van der Waals surface area contributed by atoms with E-state index in [1.807, 2.05) is 0 Å². The van der Waals surface area contributed by atoms with Crippen molar-refractivity contribution >= 4 is 0 Å². The van der Waals surface area contributed by atoms with Crippen molar-refractivity contribution in [1.29, 1.82) is 5.26 Å². The summed E-state index contributed by atoms with van der Waals surface area (Å²) in [5, 5.41) is 9.01. The van der Waals surface area contributed by atoms with Crippen LogP contribution in [0, 0.1) is 16.7 Å². The Bertz CT molecular complexity index is 168. The zero-order valence-electron chi connectivity index (χ0n) is 7.51. The van der Waals surface area contributed by atoms with Gasteiger partial charge in [0.05, 0.1) is 11.5 Å². The molecule has 0 aromatic carbocycles. The molecule has 0 aliphatic carbocycles. The number of hydrogen-bond donors (Lipinski definition) is 0. The number of nitriles is 1. The van der Waals surface area contributed by atoms with Gasteiger partial charge < -0.3 is 9.47 Å². The third-order valence-corrected chi connectivity index (χ3v) is 2.47. The second kappa shape index (κ2) is 4.44. The highest BCUT2D eigenvalue weighted by molar-refractivity contribution is 4.99. The van der Waals surface area contributed by atoms with Gasteiger partial charge in [-0.2, -0.15) is 5.26 Å². The Morgan fingerprint density at radius 2 is 2.17 bits per heavy atom. The normalized spacial score (nSPS) is 21.7. The van der Waals surface area contributed by atoms with Crippen LogP contribution in [0.5, 0.6) is 0 Å². The topological polar surface area (TPSA) is 42.2 Å². The van der Waals surface area contributed by atoms with E-state index in [-0.39, 0.29) is 5.41 Å². The van der Waals surface area contributed by atoms with E-state index in [9.17, 15) is 0 Å². The van der Waals surface area contributed by atoms with Crippen molar-refractivity contribution in [2.45, 2.75) is 19.3 Å². The van der Waals surface area contributed by atoms with Crippen LogP contribution in [-0.4, -0.2) is 26.9 Å². The fourth-order valence-corrected chi connectivity index (χ4v) is 1.48. The van der Waals surface area contributed by atoms with Crippen LogP contribution >= 0.6 is 0 Å². The standard InChI is InChI=1S/C9H15NO2/c1-11-5-2-9(8-10)3-6-12-7-4-9/h2-7H2,1H3. The average molecular weight is 169 g/mol. The van der Waals surface area contributed by atoms with Gasteiger partial charge in [-0.05, 0) is 19.3 Å². The molecular formula is C9H15NO2. The first kappa shape index (κ1) is 9.50. The predicted octanol–water partition coefficient (Wildman–Crippen LogP) is 1.34. The molecule has 0 amide bonds. The molecule has 3 heteroatoms. The van der Waals surface area contributed by atoms with E-state index in [0.717, 1.165) is 32.5 Å². The second-order valence-corrected chi connectivity index (χ2v) is 3.25. The lowest BCUT2D eigenvalue weighted by Crippen LogP contribution is -2.29. The number of ether oxygens (including phenoxy) is 2. The Labute approximate surface area is 73.3 Å². The maximum atomic E-state index is 9.01. The monoisotopic (exact) mass is 169 g/mol. The Morgan fingerprint density at radius 3 is 2.67 bits per heavy atom. The number of methoxy groups -OCH3 is 1. The zero-order valence-corrected chi connectivity index (χ0v) is 7.51. The summed E-state index contributed by atoms with van der Waals surface area (Å²) >= 11 is 0. The fraction of sp³-hybridized carbons (Fsp3) is 0.889. The molecule has 0 aromatic rings. The van der Waals surface area contributed by atoms with Crippen molar-refractivity contribution in [2.75, 3.05) is 26.9 Å². The van der Waals surface area contributed by atoms with Gasteiger partial charge in [0.2, 0.25) is 0 Å². The number of hydrogen-bond acceptors (Lipinski definition) is 3. The SMILES string of the molecule is COCCC1(C#N)CCOCC1. The molecule has 1 fully saturated rings. The maximum Gasteiger partial charge on any atom is 0.0692 e. The van der Waals surface area contributed by atoms with Crippen LogP contribution in [0.15, 0.2) is 0 Å². The molecular weight excluding hydrogens is 154 g/mol. The molecule has 12 heavy (non-hydrogen) atoms. The summed E-state index contributed by atoms with van der Waals surface area (Å²) in [6, 6.07) is 2.39. The smallest absolute Gasteiger partial charge is 0.0692 e.